The number of rotatable bonds is 8. The second-order valence-corrected chi connectivity index (χ2v) is 12.3. The van der Waals surface area contributed by atoms with E-state index in [4.69, 9.17) is 21.1 Å². The average molecular weight is 591 g/mol. The van der Waals surface area contributed by atoms with Gasteiger partial charge in [-0.3, -0.25) is 9.55 Å². The Balaban J connectivity index is 1.58. The third-order valence-electron chi connectivity index (χ3n) is 6.46. The molecule has 3 aromatic heterocycles. The molecule has 0 radical (unpaired) electrons. The van der Waals surface area contributed by atoms with Gasteiger partial charge in [0.1, 0.15) is 41.7 Å². The zero-order chi connectivity index (χ0) is 28.6. The number of halogens is 3. The quantitative estimate of drug-likeness (QED) is 0.291. The molecule has 0 N–H and O–H groups in total. The summed E-state index contributed by atoms with van der Waals surface area (Å²) in [6, 6.07) is 3.92. The third kappa shape index (κ3) is 5.54. The second kappa shape index (κ2) is 11.1. The lowest BCUT2D eigenvalue weighted by Gasteiger charge is -2.26. The van der Waals surface area contributed by atoms with E-state index in [0.717, 1.165) is 12.1 Å². The van der Waals surface area contributed by atoms with Crippen molar-refractivity contribution in [3.8, 4) is 17.1 Å². The van der Waals surface area contributed by atoms with Crippen LogP contribution in [0, 0.1) is 11.6 Å². The molecule has 0 amide bonds. The highest BCUT2D eigenvalue weighted by atomic mass is 35.5. The molecule has 0 fully saturated rings. The van der Waals surface area contributed by atoms with Gasteiger partial charge < -0.3 is 9.47 Å². The zero-order valence-corrected chi connectivity index (χ0v) is 23.3. The van der Waals surface area contributed by atoms with Crippen LogP contribution < -0.4 is 4.74 Å². The lowest BCUT2D eigenvalue weighted by atomic mass is 10.1. The molecule has 14 heteroatoms. The van der Waals surface area contributed by atoms with Crippen molar-refractivity contribution < 1.29 is 26.7 Å². The summed E-state index contributed by atoms with van der Waals surface area (Å²) in [5.74, 6) is -1.28. The summed E-state index contributed by atoms with van der Waals surface area (Å²) in [6.07, 6.45) is 4.40. The van der Waals surface area contributed by atoms with Crippen LogP contribution in [0.3, 0.4) is 0 Å². The summed E-state index contributed by atoms with van der Waals surface area (Å²) in [5.41, 5.74) is 0.588. The van der Waals surface area contributed by atoms with Crippen LogP contribution in [0.4, 0.5) is 8.78 Å². The molecule has 4 heterocycles. The van der Waals surface area contributed by atoms with Gasteiger partial charge in [-0.2, -0.15) is 0 Å². The molecule has 3 atom stereocenters. The van der Waals surface area contributed by atoms with E-state index in [9.17, 15) is 12.8 Å². The van der Waals surface area contributed by atoms with Crippen molar-refractivity contribution >= 4 is 21.4 Å². The molecule has 0 unspecified atom stereocenters. The second-order valence-electron chi connectivity index (χ2n) is 9.55. The van der Waals surface area contributed by atoms with Crippen LogP contribution >= 0.6 is 11.6 Å². The molecule has 0 spiro atoms. The number of hydrogen-bond acceptors (Lipinski definition) is 9. The van der Waals surface area contributed by atoms with Gasteiger partial charge in [0.25, 0.3) is 0 Å². The first-order valence-electron chi connectivity index (χ1n) is 12.4. The molecule has 0 saturated heterocycles. The minimum Gasteiger partial charge on any atom is -0.489 e. The molecule has 1 aromatic carbocycles. The molecule has 1 aliphatic rings. The molecule has 1 aliphatic heterocycles. The Morgan fingerprint density at radius 2 is 1.88 bits per heavy atom. The van der Waals surface area contributed by atoms with Crippen LogP contribution in [0.15, 0.2) is 49.1 Å². The SMILES string of the molecule is CC(C)O[C@@H](c1ncc(Cl)cn1)[C@H](C)S(=O)(=O)Cc1nnc2n1[C@H](c1ccc(F)cc1F)COc1cnccc1-2. The molecule has 0 aliphatic carbocycles. The lowest BCUT2D eigenvalue weighted by molar-refractivity contribution is 0.00142. The van der Waals surface area contributed by atoms with Gasteiger partial charge in [-0.05, 0) is 32.9 Å². The zero-order valence-electron chi connectivity index (χ0n) is 21.7. The Morgan fingerprint density at radius 3 is 2.58 bits per heavy atom. The number of sulfone groups is 1. The number of fused-ring (bicyclic) bond motifs is 3. The van der Waals surface area contributed by atoms with E-state index in [0.29, 0.717) is 16.3 Å². The molecule has 10 nitrogen and oxygen atoms in total. The average Bonchev–Trinajstić information content (AvgIpc) is 3.23. The first-order valence-corrected chi connectivity index (χ1v) is 14.4. The predicted molar refractivity (Wildman–Crippen MR) is 141 cm³/mol. The van der Waals surface area contributed by atoms with Crippen molar-refractivity contribution in [1.82, 2.24) is 29.7 Å². The van der Waals surface area contributed by atoms with Crippen molar-refractivity contribution in [2.24, 2.45) is 0 Å². The fourth-order valence-electron chi connectivity index (χ4n) is 4.50. The van der Waals surface area contributed by atoms with Crippen molar-refractivity contribution in [1.29, 1.82) is 0 Å². The molecule has 210 valence electrons. The van der Waals surface area contributed by atoms with E-state index in [1.165, 1.54) is 42.3 Å². The van der Waals surface area contributed by atoms with Gasteiger partial charge in [-0.25, -0.2) is 27.2 Å². The summed E-state index contributed by atoms with van der Waals surface area (Å²) in [6.45, 7) is 4.94. The highest BCUT2D eigenvalue weighted by Crippen LogP contribution is 2.38. The van der Waals surface area contributed by atoms with Crippen LogP contribution in [0.2, 0.25) is 5.02 Å². The van der Waals surface area contributed by atoms with Crippen molar-refractivity contribution in [3.05, 3.63) is 82.9 Å². The Hall–Kier alpha value is -3.55. The van der Waals surface area contributed by atoms with Gasteiger partial charge in [0.2, 0.25) is 0 Å². The molecule has 0 saturated carbocycles. The highest BCUT2D eigenvalue weighted by molar-refractivity contribution is 7.91. The van der Waals surface area contributed by atoms with Crippen molar-refractivity contribution in [3.63, 3.8) is 0 Å². The van der Waals surface area contributed by atoms with Crippen LogP contribution in [-0.4, -0.2) is 56.1 Å². The predicted octanol–water partition coefficient (Wildman–Crippen LogP) is 4.51. The number of ether oxygens (including phenoxy) is 2. The van der Waals surface area contributed by atoms with Gasteiger partial charge in [0.05, 0.1) is 34.2 Å². The monoisotopic (exact) mass is 590 g/mol. The minimum atomic E-state index is -4.00. The fourth-order valence-corrected chi connectivity index (χ4v) is 5.98. The summed E-state index contributed by atoms with van der Waals surface area (Å²) < 4.78 is 69.8. The van der Waals surface area contributed by atoms with Crippen molar-refractivity contribution in [2.45, 2.75) is 50.0 Å². The van der Waals surface area contributed by atoms with E-state index >= 15 is 4.39 Å². The Bertz CT molecular complexity index is 1630. The lowest BCUT2D eigenvalue weighted by Crippen LogP contribution is -2.32. The first-order chi connectivity index (χ1) is 19.0. The van der Waals surface area contributed by atoms with E-state index in [1.807, 2.05) is 0 Å². The summed E-state index contributed by atoms with van der Waals surface area (Å²) in [4.78, 5) is 12.4. The van der Waals surface area contributed by atoms with E-state index < -0.39 is 44.6 Å². The van der Waals surface area contributed by atoms with Crippen LogP contribution in [0.25, 0.3) is 11.4 Å². The fraction of sp³-hybridized carbons (Fsp3) is 0.346. The van der Waals surface area contributed by atoms with Crippen LogP contribution in [0.5, 0.6) is 5.75 Å². The van der Waals surface area contributed by atoms with Gasteiger partial charge >= 0.3 is 0 Å². The molecule has 40 heavy (non-hydrogen) atoms. The Labute approximate surface area is 234 Å². The number of benzene rings is 1. The largest absolute Gasteiger partial charge is 0.489 e. The van der Waals surface area contributed by atoms with Crippen molar-refractivity contribution in [2.75, 3.05) is 6.61 Å². The van der Waals surface area contributed by atoms with Crippen LogP contribution in [-0.2, 0) is 20.3 Å². The topological polar surface area (TPSA) is 122 Å². The van der Waals surface area contributed by atoms with Gasteiger partial charge in [-0.15, -0.1) is 10.2 Å². The van der Waals surface area contributed by atoms with E-state index in [1.54, 1.807) is 19.9 Å². The molecule has 4 aromatic rings. The summed E-state index contributed by atoms with van der Waals surface area (Å²) in [5, 5.41) is 7.65. The summed E-state index contributed by atoms with van der Waals surface area (Å²) in [7, 11) is -4.00. The first kappa shape index (κ1) is 28.0. The number of pyridine rings is 1. The van der Waals surface area contributed by atoms with Gasteiger partial charge in [0, 0.05) is 30.2 Å². The van der Waals surface area contributed by atoms with E-state index in [-0.39, 0.29) is 35.7 Å². The minimum absolute atomic E-state index is 0.0455. The maximum Gasteiger partial charge on any atom is 0.168 e. The standard InChI is InChI=1S/C26H25ClF2N6O4S/c1-14(2)39-24(25-31-9-16(27)10-32-25)15(3)40(36,37)13-23-33-34-26-19-6-7-30-11-22(19)38-12-21(35(23)26)18-5-4-17(28)8-20(18)29/h4-11,14-15,21,24H,12-13H2,1-3H3/t15-,21-,24+/m0/s1. The maximum absolute atomic E-state index is 15.0. The molecular formula is C26H25ClF2N6O4S. The van der Waals surface area contributed by atoms with Gasteiger partial charge in [-0.1, -0.05) is 17.7 Å². The Kier molecular flexibility index (Phi) is 7.80. The van der Waals surface area contributed by atoms with Gasteiger partial charge in [0.15, 0.2) is 21.5 Å². The van der Waals surface area contributed by atoms with Crippen LogP contribution in [0.1, 0.15) is 50.1 Å². The Morgan fingerprint density at radius 1 is 1.12 bits per heavy atom. The van der Waals surface area contributed by atoms with E-state index in [2.05, 4.69) is 25.1 Å². The maximum atomic E-state index is 15.0. The summed E-state index contributed by atoms with van der Waals surface area (Å²) >= 11 is 5.92. The highest BCUT2D eigenvalue weighted by Gasteiger charge is 2.37. The number of aromatic nitrogens is 6. The number of hydrogen-bond donors (Lipinski definition) is 0. The molecule has 5 rings (SSSR count). The molecular weight excluding hydrogens is 566 g/mol. The normalized spacial score (nSPS) is 16.5. The third-order valence-corrected chi connectivity index (χ3v) is 8.69. The molecule has 0 bridgehead atoms. The smallest absolute Gasteiger partial charge is 0.168 e. The number of nitrogens with zero attached hydrogens (tertiary/aromatic N) is 6.